The summed E-state index contributed by atoms with van der Waals surface area (Å²) < 4.78 is 6.74. The van der Waals surface area contributed by atoms with Gasteiger partial charge in [-0.25, -0.2) is 14.5 Å². The average molecular weight is 448 g/mol. The van der Waals surface area contributed by atoms with Gasteiger partial charge < -0.3 is 9.64 Å². The molecule has 3 heterocycles. The number of H-pyrrole nitrogens is 1. The van der Waals surface area contributed by atoms with Crippen LogP contribution in [-0.4, -0.2) is 44.9 Å². The van der Waals surface area contributed by atoms with Crippen LogP contribution in [0.5, 0.6) is 5.75 Å². The van der Waals surface area contributed by atoms with E-state index in [1.807, 2.05) is 47.4 Å². The highest BCUT2D eigenvalue weighted by Crippen LogP contribution is 2.28. The van der Waals surface area contributed by atoms with Crippen LogP contribution in [0.25, 0.3) is 17.0 Å². The summed E-state index contributed by atoms with van der Waals surface area (Å²) in [7, 11) is 1.61. The molecule has 0 aliphatic carbocycles. The number of fused-ring (bicyclic) bond motifs is 2. The Kier molecular flexibility index (Phi) is 5.40. The van der Waals surface area contributed by atoms with Crippen LogP contribution in [0.2, 0.25) is 0 Å². The van der Waals surface area contributed by atoms with E-state index in [1.165, 1.54) is 27.9 Å². The minimum atomic E-state index is -0.274. The van der Waals surface area contributed by atoms with Gasteiger partial charge >= 0.3 is 0 Å². The van der Waals surface area contributed by atoms with Gasteiger partial charge in [-0.15, -0.1) is 0 Å². The number of anilines is 1. The molecule has 0 spiro atoms. The molecule has 0 saturated carbocycles. The second-order valence-electron chi connectivity index (χ2n) is 7.44. The smallest absolute Gasteiger partial charge is 0.266 e. The highest BCUT2D eigenvalue weighted by molar-refractivity contribution is 7.99. The van der Waals surface area contributed by atoms with Crippen molar-refractivity contribution < 1.29 is 9.53 Å². The first-order valence-corrected chi connectivity index (χ1v) is 11.3. The zero-order valence-electron chi connectivity index (χ0n) is 17.4. The van der Waals surface area contributed by atoms with Gasteiger partial charge in [-0.3, -0.25) is 14.7 Å². The lowest BCUT2D eigenvalue weighted by Crippen LogP contribution is -2.36. The van der Waals surface area contributed by atoms with Crippen LogP contribution in [-0.2, 0) is 11.2 Å². The van der Waals surface area contributed by atoms with Gasteiger partial charge in [-0.05, 0) is 48.7 Å². The lowest BCUT2D eigenvalue weighted by Gasteiger charge is -2.29. The van der Waals surface area contributed by atoms with Crippen molar-refractivity contribution in [2.45, 2.75) is 18.0 Å². The second kappa shape index (κ2) is 8.51. The Morgan fingerprint density at radius 2 is 1.97 bits per heavy atom. The number of hydrogen-bond acceptors (Lipinski definition) is 6. The summed E-state index contributed by atoms with van der Waals surface area (Å²) in [5.74, 6) is 1.41. The van der Waals surface area contributed by atoms with Crippen molar-refractivity contribution in [1.29, 1.82) is 0 Å². The minimum Gasteiger partial charge on any atom is -0.497 e. The van der Waals surface area contributed by atoms with Gasteiger partial charge in [0.25, 0.3) is 5.56 Å². The maximum atomic E-state index is 13.1. The number of amides is 1. The quantitative estimate of drug-likeness (QED) is 0.473. The van der Waals surface area contributed by atoms with Crippen molar-refractivity contribution in [3.8, 4) is 17.1 Å². The molecule has 4 aromatic rings. The molecule has 0 radical (unpaired) electrons. The number of benzene rings is 2. The molecular formula is C23H21N5O3S. The number of rotatable bonds is 5. The number of aryl methyl sites for hydroxylation is 1. The van der Waals surface area contributed by atoms with Crippen molar-refractivity contribution in [2.24, 2.45) is 0 Å². The zero-order valence-corrected chi connectivity index (χ0v) is 18.3. The van der Waals surface area contributed by atoms with E-state index in [9.17, 15) is 9.59 Å². The number of para-hydroxylation sites is 1. The Morgan fingerprint density at radius 1 is 1.16 bits per heavy atom. The lowest BCUT2D eigenvalue weighted by molar-refractivity contribution is -0.116. The van der Waals surface area contributed by atoms with Crippen LogP contribution in [0.1, 0.15) is 12.0 Å². The highest BCUT2D eigenvalue weighted by atomic mass is 32.2. The highest BCUT2D eigenvalue weighted by Gasteiger charge is 2.23. The predicted octanol–water partition coefficient (Wildman–Crippen LogP) is 3.16. The van der Waals surface area contributed by atoms with Crippen LogP contribution in [0.4, 0.5) is 5.69 Å². The standard InChI is InChI=1S/C23H21N5O3S/c1-31-17-10-8-16(9-11-17)22-24-19-13-20(29)26-28(19)23(25-22)32-14-21(30)27-12-4-6-15-5-2-3-7-18(15)27/h2-3,5,7-11,13H,4,6,12,14H2,1H3,(H,26,29). The van der Waals surface area contributed by atoms with Crippen LogP contribution in [0.3, 0.4) is 0 Å². The molecule has 162 valence electrons. The number of nitrogens with zero attached hydrogens (tertiary/aromatic N) is 4. The molecule has 2 aromatic heterocycles. The van der Waals surface area contributed by atoms with Gasteiger partial charge in [-0.2, -0.15) is 0 Å². The van der Waals surface area contributed by atoms with E-state index in [0.29, 0.717) is 23.2 Å². The summed E-state index contributed by atoms with van der Waals surface area (Å²) in [5, 5.41) is 3.21. The summed E-state index contributed by atoms with van der Waals surface area (Å²) in [6.45, 7) is 0.701. The molecule has 1 aliphatic heterocycles. The van der Waals surface area contributed by atoms with Crippen LogP contribution in [0.15, 0.2) is 64.5 Å². The Labute approximate surface area is 188 Å². The molecule has 8 nitrogen and oxygen atoms in total. The molecule has 0 atom stereocenters. The topological polar surface area (TPSA) is 92.6 Å². The van der Waals surface area contributed by atoms with E-state index in [-0.39, 0.29) is 17.2 Å². The van der Waals surface area contributed by atoms with E-state index in [2.05, 4.69) is 21.1 Å². The van der Waals surface area contributed by atoms with Crippen molar-refractivity contribution in [1.82, 2.24) is 19.6 Å². The van der Waals surface area contributed by atoms with Crippen LogP contribution in [0, 0.1) is 0 Å². The number of aromatic nitrogens is 4. The molecule has 9 heteroatoms. The molecule has 32 heavy (non-hydrogen) atoms. The van der Waals surface area contributed by atoms with Gasteiger partial charge in [0.1, 0.15) is 5.75 Å². The normalized spacial score (nSPS) is 13.2. The fourth-order valence-electron chi connectivity index (χ4n) is 3.85. The molecule has 0 fully saturated rings. The summed E-state index contributed by atoms with van der Waals surface area (Å²) in [6, 6.07) is 16.8. The first-order valence-electron chi connectivity index (χ1n) is 10.3. The summed E-state index contributed by atoms with van der Waals surface area (Å²) in [4.78, 5) is 36.0. The van der Waals surface area contributed by atoms with Crippen molar-refractivity contribution in [3.05, 3.63) is 70.5 Å². The SMILES string of the molecule is COc1ccc(-c2nc(SCC(=O)N3CCCc4ccccc43)n3[nH]c(=O)cc3n2)cc1. The molecule has 1 amide bonds. The summed E-state index contributed by atoms with van der Waals surface area (Å²) in [5.41, 5.74) is 3.14. The number of methoxy groups -OCH3 is 1. The van der Waals surface area contributed by atoms with Crippen LogP contribution >= 0.6 is 11.8 Å². The fourth-order valence-corrected chi connectivity index (χ4v) is 4.67. The van der Waals surface area contributed by atoms with Crippen molar-refractivity contribution in [2.75, 3.05) is 24.3 Å². The first kappa shape index (κ1) is 20.3. The number of ether oxygens (including phenoxy) is 1. The molecule has 2 aromatic carbocycles. The van der Waals surface area contributed by atoms with Crippen molar-refractivity contribution >= 4 is 29.0 Å². The van der Waals surface area contributed by atoms with E-state index in [1.54, 1.807) is 7.11 Å². The number of carbonyl (C=O) groups excluding carboxylic acids is 1. The number of nitrogens with one attached hydrogen (secondary N) is 1. The average Bonchev–Trinajstić information content (AvgIpc) is 3.22. The van der Waals surface area contributed by atoms with Gasteiger partial charge in [0.05, 0.1) is 12.9 Å². The van der Waals surface area contributed by atoms with E-state index < -0.39 is 0 Å². The van der Waals surface area contributed by atoms with E-state index in [0.717, 1.165) is 29.8 Å². The molecule has 0 bridgehead atoms. The fraction of sp³-hybridized carbons (Fsp3) is 0.217. The molecule has 0 saturated heterocycles. The minimum absolute atomic E-state index is 0.00872. The van der Waals surface area contributed by atoms with Crippen molar-refractivity contribution in [3.63, 3.8) is 0 Å². The number of thioether (sulfide) groups is 1. The van der Waals surface area contributed by atoms with Gasteiger partial charge in [0.15, 0.2) is 16.6 Å². The maximum absolute atomic E-state index is 13.1. The Bertz CT molecular complexity index is 1350. The molecule has 0 unspecified atom stereocenters. The van der Waals surface area contributed by atoms with Crippen LogP contribution < -0.4 is 15.2 Å². The third-order valence-electron chi connectivity index (χ3n) is 5.41. The Morgan fingerprint density at radius 3 is 2.78 bits per heavy atom. The molecular weight excluding hydrogens is 426 g/mol. The molecule has 1 aliphatic rings. The van der Waals surface area contributed by atoms with Gasteiger partial charge in [-0.1, -0.05) is 30.0 Å². The molecule has 5 rings (SSSR count). The maximum Gasteiger partial charge on any atom is 0.266 e. The molecule has 1 N–H and O–H groups in total. The third kappa shape index (κ3) is 3.87. The number of carbonyl (C=O) groups is 1. The Balaban J connectivity index is 1.43. The first-order chi connectivity index (χ1) is 15.6. The van der Waals surface area contributed by atoms with E-state index >= 15 is 0 Å². The van der Waals surface area contributed by atoms with Gasteiger partial charge in [0.2, 0.25) is 5.91 Å². The van der Waals surface area contributed by atoms with Gasteiger partial charge in [0, 0.05) is 23.9 Å². The Hall–Kier alpha value is -3.59. The summed E-state index contributed by atoms with van der Waals surface area (Å²) in [6.07, 6.45) is 1.92. The lowest BCUT2D eigenvalue weighted by atomic mass is 10.0. The predicted molar refractivity (Wildman–Crippen MR) is 123 cm³/mol. The third-order valence-corrected chi connectivity index (χ3v) is 6.33. The van der Waals surface area contributed by atoms with E-state index in [4.69, 9.17) is 4.74 Å². The number of hydrogen-bond donors (Lipinski definition) is 1. The number of aromatic amines is 1. The summed E-state index contributed by atoms with van der Waals surface area (Å²) >= 11 is 1.28. The largest absolute Gasteiger partial charge is 0.497 e. The second-order valence-corrected chi connectivity index (χ2v) is 8.38. The zero-order chi connectivity index (χ0) is 22.1. The monoisotopic (exact) mass is 447 g/mol.